The van der Waals surface area contributed by atoms with Gasteiger partial charge in [0.05, 0.1) is 6.54 Å². The molecule has 0 spiro atoms. The molecule has 1 aliphatic rings. The second kappa shape index (κ2) is 8.04. The van der Waals surface area contributed by atoms with Gasteiger partial charge >= 0.3 is 0 Å². The standard InChI is InChI=1S/C16H31N5O/c1-13(2)9-20-7-6-19(10-15(20)5-8-22)11-16-18-17-12-21(16)14(3)4/h12-15,22H,5-11H2,1-4H3. The summed E-state index contributed by atoms with van der Waals surface area (Å²) in [7, 11) is 0. The van der Waals surface area contributed by atoms with Gasteiger partial charge in [-0.25, -0.2) is 0 Å². The third-order valence-corrected chi connectivity index (χ3v) is 4.32. The van der Waals surface area contributed by atoms with Gasteiger partial charge < -0.3 is 9.67 Å². The summed E-state index contributed by atoms with van der Waals surface area (Å²) < 4.78 is 2.14. The Kier molecular flexibility index (Phi) is 6.35. The van der Waals surface area contributed by atoms with E-state index in [0.29, 0.717) is 18.0 Å². The van der Waals surface area contributed by atoms with Crippen molar-refractivity contribution in [3.8, 4) is 0 Å². The van der Waals surface area contributed by atoms with Crippen LogP contribution in [0.2, 0.25) is 0 Å². The summed E-state index contributed by atoms with van der Waals surface area (Å²) in [6.45, 7) is 14.2. The third-order valence-electron chi connectivity index (χ3n) is 4.32. The van der Waals surface area contributed by atoms with Gasteiger partial charge in [0.1, 0.15) is 12.2 Å². The fourth-order valence-corrected chi connectivity index (χ4v) is 3.24. The molecule has 1 unspecified atom stereocenters. The molecule has 2 heterocycles. The monoisotopic (exact) mass is 309 g/mol. The topological polar surface area (TPSA) is 57.4 Å². The Morgan fingerprint density at radius 2 is 2.05 bits per heavy atom. The molecule has 0 radical (unpaired) electrons. The van der Waals surface area contributed by atoms with Crippen molar-refractivity contribution in [2.45, 2.75) is 52.7 Å². The van der Waals surface area contributed by atoms with Gasteiger partial charge in [-0.15, -0.1) is 10.2 Å². The molecule has 6 nitrogen and oxygen atoms in total. The van der Waals surface area contributed by atoms with Crippen LogP contribution in [0.15, 0.2) is 6.33 Å². The lowest BCUT2D eigenvalue weighted by Crippen LogP contribution is -2.54. The Labute approximate surface area is 134 Å². The number of aliphatic hydroxyl groups is 1. The van der Waals surface area contributed by atoms with Gasteiger partial charge in [0.15, 0.2) is 0 Å². The van der Waals surface area contributed by atoms with Gasteiger partial charge in [-0.05, 0) is 26.2 Å². The van der Waals surface area contributed by atoms with E-state index in [0.717, 1.165) is 45.0 Å². The smallest absolute Gasteiger partial charge is 0.147 e. The van der Waals surface area contributed by atoms with Gasteiger partial charge in [0.25, 0.3) is 0 Å². The lowest BCUT2D eigenvalue weighted by Gasteiger charge is -2.42. The molecule has 6 heteroatoms. The fourth-order valence-electron chi connectivity index (χ4n) is 3.24. The highest BCUT2D eigenvalue weighted by atomic mass is 16.3. The number of aromatic nitrogens is 3. The quantitative estimate of drug-likeness (QED) is 0.825. The van der Waals surface area contributed by atoms with E-state index in [-0.39, 0.29) is 6.61 Å². The fraction of sp³-hybridized carbons (Fsp3) is 0.875. The van der Waals surface area contributed by atoms with E-state index < -0.39 is 0 Å². The van der Waals surface area contributed by atoms with Crippen molar-refractivity contribution in [3.05, 3.63) is 12.2 Å². The zero-order chi connectivity index (χ0) is 16.1. The van der Waals surface area contributed by atoms with Crippen molar-refractivity contribution >= 4 is 0 Å². The Balaban J connectivity index is 1.97. The maximum absolute atomic E-state index is 9.36. The molecule has 1 saturated heterocycles. The van der Waals surface area contributed by atoms with Crippen LogP contribution in [0.4, 0.5) is 0 Å². The minimum atomic E-state index is 0.259. The number of rotatable bonds is 7. The SMILES string of the molecule is CC(C)CN1CCN(Cc2nncn2C(C)C)CC1CCO. The Morgan fingerprint density at radius 1 is 1.27 bits per heavy atom. The maximum atomic E-state index is 9.36. The summed E-state index contributed by atoms with van der Waals surface area (Å²) in [4.78, 5) is 4.98. The van der Waals surface area contributed by atoms with Crippen molar-refractivity contribution in [2.75, 3.05) is 32.8 Å². The first-order valence-electron chi connectivity index (χ1n) is 8.47. The van der Waals surface area contributed by atoms with Crippen LogP contribution in [-0.2, 0) is 6.54 Å². The van der Waals surface area contributed by atoms with Gasteiger partial charge in [0.2, 0.25) is 0 Å². The normalized spacial score (nSPS) is 21.1. The van der Waals surface area contributed by atoms with Crippen LogP contribution < -0.4 is 0 Å². The Bertz CT molecular complexity index is 445. The summed E-state index contributed by atoms with van der Waals surface area (Å²) in [6.07, 6.45) is 2.67. The molecule has 0 saturated carbocycles. The number of aliphatic hydroxyl groups excluding tert-OH is 1. The number of hydrogen-bond acceptors (Lipinski definition) is 5. The Morgan fingerprint density at radius 3 is 2.68 bits per heavy atom. The molecule has 1 atom stereocenters. The minimum absolute atomic E-state index is 0.259. The van der Waals surface area contributed by atoms with Crippen LogP contribution in [-0.4, -0.2) is 68.5 Å². The van der Waals surface area contributed by atoms with Crippen LogP contribution in [0, 0.1) is 5.92 Å². The molecule has 0 bridgehead atoms. The van der Waals surface area contributed by atoms with Gasteiger partial charge in [-0.3, -0.25) is 9.80 Å². The summed E-state index contributed by atoms with van der Waals surface area (Å²) in [5.74, 6) is 1.70. The zero-order valence-corrected chi connectivity index (χ0v) is 14.4. The van der Waals surface area contributed by atoms with Gasteiger partial charge in [-0.2, -0.15) is 0 Å². The lowest BCUT2D eigenvalue weighted by molar-refractivity contribution is 0.0458. The van der Waals surface area contributed by atoms with Crippen LogP contribution in [0.5, 0.6) is 0 Å². The number of piperazine rings is 1. The first kappa shape index (κ1) is 17.4. The molecule has 1 aromatic heterocycles. The predicted octanol–water partition coefficient (Wildman–Crippen LogP) is 1.38. The van der Waals surface area contributed by atoms with E-state index in [1.165, 1.54) is 0 Å². The van der Waals surface area contributed by atoms with Crippen LogP contribution in [0.3, 0.4) is 0 Å². The molecule has 126 valence electrons. The first-order chi connectivity index (χ1) is 10.5. The number of hydrogen-bond donors (Lipinski definition) is 1. The third kappa shape index (κ3) is 4.51. The molecule has 1 aliphatic heterocycles. The van der Waals surface area contributed by atoms with Crippen LogP contribution in [0.1, 0.15) is 46.0 Å². The zero-order valence-electron chi connectivity index (χ0n) is 14.4. The van der Waals surface area contributed by atoms with Crippen molar-refractivity contribution in [1.29, 1.82) is 0 Å². The summed E-state index contributed by atoms with van der Waals surface area (Å²) in [5.41, 5.74) is 0. The van der Waals surface area contributed by atoms with E-state index in [9.17, 15) is 5.11 Å². The van der Waals surface area contributed by atoms with Crippen molar-refractivity contribution in [2.24, 2.45) is 5.92 Å². The second-order valence-corrected chi connectivity index (χ2v) is 7.04. The molecule has 1 aromatic rings. The summed E-state index contributed by atoms with van der Waals surface area (Å²) in [5, 5.41) is 17.7. The maximum Gasteiger partial charge on any atom is 0.147 e. The molecule has 1 fully saturated rings. The van der Waals surface area contributed by atoms with Crippen molar-refractivity contribution in [1.82, 2.24) is 24.6 Å². The average Bonchev–Trinajstić information content (AvgIpc) is 2.90. The van der Waals surface area contributed by atoms with Crippen LogP contribution >= 0.6 is 0 Å². The summed E-state index contributed by atoms with van der Waals surface area (Å²) in [6, 6.07) is 0.831. The average molecular weight is 309 g/mol. The largest absolute Gasteiger partial charge is 0.396 e. The van der Waals surface area contributed by atoms with E-state index in [4.69, 9.17) is 0 Å². The van der Waals surface area contributed by atoms with Crippen molar-refractivity contribution in [3.63, 3.8) is 0 Å². The molecule has 0 aliphatic carbocycles. The lowest BCUT2D eigenvalue weighted by atomic mass is 10.1. The predicted molar refractivity (Wildman–Crippen MR) is 87.6 cm³/mol. The van der Waals surface area contributed by atoms with Gasteiger partial charge in [-0.1, -0.05) is 13.8 Å². The highest BCUT2D eigenvalue weighted by molar-refractivity contribution is 4.91. The highest BCUT2D eigenvalue weighted by Gasteiger charge is 2.27. The molecule has 0 aromatic carbocycles. The molecular weight excluding hydrogens is 278 g/mol. The molecule has 1 N–H and O–H groups in total. The van der Waals surface area contributed by atoms with E-state index >= 15 is 0 Å². The first-order valence-corrected chi connectivity index (χ1v) is 8.47. The van der Waals surface area contributed by atoms with E-state index in [2.05, 4.69) is 52.3 Å². The van der Waals surface area contributed by atoms with Crippen LogP contribution in [0.25, 0.3) is 0 Å². The summed E-state index contributed by atoms with van der Waals surface area (Å²) >= 11 is 0. The molecule has 0 amide bonds. The van der Waals surface area contributed by atoms with Crippen molar-refractivity contribution < 1.29 is 5.11 Å². The molecule has 2 rings (SSSR count). The highest BCUT2D eigenvalue weighted by Crippen LogP contribution is 2.17. The van der Waals surface area contributed by atoms with E-state index in [1.807, 2.05) is 6.33 Å². The molecule has 22 heavy (non-hydrogen) atoms. The molecular formula is C16H31N5O. The Hall–Kier alpha value is -0.980. The second-order valence-electron chi connectivity index (χ2n) is 7.04. The van der Waals surface area contributed by atoms with Gasteiger partial charge in [0, 0.05) is 44.9 Å². The van der Waals surface area contributed by atoms with E-state index in [1.54, 1.807) is 0 Å². The number of nitrogens with zero attached hydrogens (tertiary/aromatic N) is 5. The minimum Gasteiger partial charge on any atom is -0.396 e.